The molecule has 3 heteroatoms. The van der Waals surface area contributed by atoms with Gasteiger partial charge in [-0.1, -0.05) is 26.7 Å². The Balaban J connectivity index is 1.82. The van der Waals surface area contributed by atoms with E-state index < -0.39 is 0 Å². The van der Waals surface area contributed by atoms with Crippen LogP contribution in [0.3, 0.4) is 0 Å². The van der Waals surface area contributed by atoms with E-state index in [2.05, 4.69) is 18.8 Å². The van der Waals surface area contributed by atoms with Crippen molar-refractivity contribution in [2.75, 3.05) is 0 Å². The number of carbonyl (C=O) groups excluding carboxylic acids is 1. The van der Waals surface area contributed by atoms with E-state index in [0.29, 0.717) is 5.75 Å². The van der Waals surface area contributed by atoms with Crippen LogP contribution in [0.25, 0.3) is 0 Å². The molecule has 3 nitrogen and oxygen atoms in total. The van der Waals surface area contributed by atoms with Crippen LogP contribution >= 0.6 is 0 Å². The summed E-state index contributed by atoms with van der Waals surface area (Å²) in [6, 6.07) is 3.83. The maximum Gasteiger partial charge on any atom is 0.314 e. The largest absolute Gasteiger partial charge is 0.425 e. The molecule has 1 fully saturated rings. The number of nitrogens with zero attached hydrogens (tertiary/aromatic N) is 1. The molecule has 0 amide bonds. The first-order chi connectivity index (χ1) is 10.2. The Labute approximate surface area is 128 Å². The van der Waals surface area contributed by atoms with E-state index >= 15 is 0 Å². The number of unbranched alkanes of at least 4 members (excludes halogenated alkanes) is 1. The molecule has 0 aliphatic heterocycles. The lowest BCUT2D eigenvalue weighted by Crippen LogP contribution is -2.25. The summed E-state index contributed by atoms with van der Waals surface area (Å²) in [5, 5.41) is 0. The normalized spacial score (nSPS) is 22.0. The van der Waals surface area contributed by atoms with Crippen molar-refractivity contribution in [3.63, 3.8) is 0 Å². The van der Waals surface area contributed by atoms with Gasteiger partial charge >= 0.3 is 5.97 Å². The molecule has 1 aliphatic carbocycles. The average Bonchev–Trinajstić information content (AvgIpc) is 2.54. The number of rotatable bonds is 6. The molecule has 21 heavy (non-hydrogen) atoms. The van der Waals surface area contributed by atoms with Crippen molar-refractivity contribution < 1.29 is 9.53 Å². The van der Waals surface area contributed by atoms with Gasteiger partial charge < -0.3 is 4.74 Å². The van der Waals surface area contributed by atoms with Crippen molar-refractivity contribution in [2.45, 2.75) is 65.2 Å². The lowest BCUT2D eigenvalue weighted by Gasteiger charge is -2.26. The lowest BCUT2D eigenvalue weighted by molar-refractivity contribution is -0.140. The van der Waals surface area contributed by atoms with Gasteiger partial charge in [0.2, 0.25) is 0 Å². The molecule has 1 saturated carbocycles. The fraction of sp³-hybridized carbons (Fsp3) is 0.667. The van der Waals surface area contributed by atoms with E-state index in [4.69, 9.17) is 4.74 Å². The van der Waals surface area contributed by atoms with Gasteiger partial charge in [0.1, 0.15) is 5.75 Å². The Bertz CT molecular complexity index is 433. The van der Waals surface area contributed by atoms with E-state index in [1.807, 2.05) is 12.1 Å². The minimum atomic E-state index is -0.0762. The Hall–Kier alpha value is -1.38. The van der Waals surface area contributed by atoms with Gasteiger partial charge in [-0.15, -0.1) is 0 Å². The third-order valence-corrected chi connectivity index (χ3v) is 4.56. The molecule has 1 aromatic heterocycles. The quantitative estimate of drug-likeness (QED) is 0.721. The Morgan fingerprint density at radius 2 is 2.00 bits per heavy atom. The van der Waals surface area contributed by atoms with Crippen LogP contribution in [0.4, 0.5) is 0 Å². The second kappa shape index (κ2) is 8.16. The molecule has 116 valence electrons. The predicted molar refractivity (Wildman–Crippen MR) is 84.2 cm³/mol. The standard InChI is InChI=1S/C18H27NO2/c1-3-5-6-16-11-12-17(13-19-16)21-18(20)15-9-7-14(4-2)8-10-15/h11-15H,3-10H2,1-2H3. The highest BCUT2D eigenvalue weighted by molar-refractivity contribution is 5.75. The van der Waals surface area contributed by atoms with E-state index in [-0.39, 0.29) is 11.9 Å². The maximum absolute atomic E-state index is 12.2. The van der Waals surface area contributed by atoms with E-state index in [9.17, 15) is 4.79 Å². The third-order valence-electron chi connectivity index (χ3n) is 4.56. The number of hydrogen-bond donors (Lipinski definition) is 0. The SMILES string of the molecule is CCCCc1ccc(OC(=O)C2CCC(CC)CC2)cn1. The second-order valence-electron chi connectivity index (χ2n) is 6.14. The van der Waals surface area contributed by atoms with Crippen LogP contribution in [0, 0.1) is 11.8 Å². The molecule has 1 aromatic rings. The zero-order valence-corrected chi connectivity index (χ0v) is 13.3. The topological polar surface area (TPSA) is 39.2 Å². The van der Waals surface area contributed by atoms with Gasteiger partial charge in [-0.05, 0) is 56.6 Å². The van der Waals surface area contributed by atoms with Crippen molar-refractivity contribution in [1.29, 1.82) is 0 Å². The Morgan fingerprint density at radius 1 is 1.24 bits per heavy atom. The molecule has 0 atom stereocenters. The van der Waals surface area contributed by atoms with Gasteiger partial charge in [0, 0.05) is 5.69 Å². The molecule has 1 aliphatic rings. The zero-order valence-electron chi connectivity index (χ0n) is 13.3. The molecule has 0 spiro atoms. The number of hydrogen-bond acceptors (Lipinski definition) is 3. The summed E-state index contributed by atoms with van der Waals surface area (Å²) in [7, 11) is 0. The molecule has 0 saturated heterocycles. The molecule has 2 rings (SSSR count). The highest BCUT2D eigenvalue weighted by atomic mass is 16.5. The van der Waals surface area contributed by atoms with E-state index in [1.54, 1.807) is 6.20 Å². The van der Waals surface area contributed by atoms with Crippen molar-refractivity contribution >= 4 is 5.97 Å². The summed E-state index contributed by atoms with van der Waals surface area (Å²) in [5.41, 5.74) is 1.07. The molecule has 0 radical (unpaired) electrons. The zero-order chi connectivity index (χ0) is 15.1. The second-order valence-corrected chi connectivity index (χ2v) is 6.14. The monoisotopic (exact) mass is 289 g/mol. The van der Waals surface area contributed by atoms with Crippen molar-refractivity contribution in [3.8, 4) is 5.75 Å². The number of aromatic nitrogens is 1. The van der Waals surface area contributed by atoms with Crippen molar-refractivity contribution in [1.82, 2.24) is 4.98 Å². The number of pyridine rings is 1. The average molecular weight is 289 g/mol. The Morgan fingerprint density at radius 3 is 2.57 bits per heavy atom. The molecule has 0 N–H and O–H groups in total. The van der Waals surface area contributed by atoms with Gasteiger partial charge in [-0.25, -0.2) is 0 Å². The van der Waals surface area contributed by atoms with E-state index in [0.717, 1.165) is 50.1 Å². The highest BCUT2D eigenvalue weighted by Crippen LogP contribution is 2.31. The van der Waals surface area contributed by atoms with Gasteiger partial charge in [-0.2, -0.15) is 0 Å². The molecular weight excluding hydrogens is 262 g/mol. The minimum Gasteiger partial charge on any atom is -0.425 e. The lowest BCUT2D eigenvalue weighted by atomic mass is 9.81. The summed E-state index contributed by atoms with van der Waals surface area (Å²) in [6.45, 7) is 4.40. The van der Waals surface area contributed by atoms with Crippen LogP contribution in [0.2, 0.25) is 0 Å². The molecule has 0 bridgehead atoms. The number of ether oxygens (including phenoxy) is 1. The van der Waals surface area contributed by atoms with Crippen LogP contribution in [-0.2, 0) is 11.2 Å². The first-order valence-electron chi connectivity index (χ1n) is 8.39. The first kappa shape index (κ1) is 16.0. The van der Waals surface area contributed by atoms with Gasteiger partial charge in [0.25, 0.3) is 0 Å². The van der Waals surface area contributed by atoms with Gasteiger partial charge in [0.15, 0.2) is 0 Å². The number of esters is 1. The molecular formula is C18H27NO2. The summed E-state index contributed by atoms with van der Waals surface area (Å²) < 4.78 is 5.48. The third kappa shape index (κ3) is 4.83. The predicted octanol–water partition coefficient (Wildman–Crippen LogP) is 4.55. The van der Waals surface area contributed by atoms with Crippen LogP contribution < -0.4 is 4.74 Å². The minimum absolute atomic E-state index is 0.0762. The van der Waals surface area contributed by atoms with Crippen LogP contribution in [0.5, 0.6) is 5.75 Å². The number of carbonyl (C=O) groups is 1. The maximum atomic E-state index is 12.2. The fourth-order valence-corrected chi connectivity index (χ4v) is 2.98. The smallest absolute Gasteiger partial charge is 0.314 e. The number of aryl methyl sites for hydroxylation is 1. The summed E-state index contributed by atoms with van der Waals surface area (Å²) in [4.78, 5) is 16.5. The van der Waals surface area contributed by atoms with Crippen LogP contribution in [0.1, 0.15) is 64.5 Å². The van der Waals surface area contributed by atoms with Crippen molar-refractivity contribution in [3.05, 3.63) is 24.0 Å². The summed E-state index contributed by atoms with van der Waals surface area (Å²) >= 11 is 0. The van der Waals surface area contributed by atoms with Crippen molar-refractivity contribution in [2.24, 2.45) is 11.8 Å². The fourth-order valence-electron chi connectivity index (χ4n) is 2.98. The highest BCUT2D eigenvalue weighted by Gasteiger charge is 2.26. The van der Waals surface area contributed by atoms with Gasteiger partial charge in [-0.3, -0.25) is 9.78 Å². The molecule has 1 heterocycles. The first-order valence-corrected chi connectivity index (χ1v) is 8.39. The Kier molecular flexibility index (Phi) is 6.21. The van der Waals surface area contributed by atoms with Crippen LogP contribution in [0.15, 0.2) is 18.3 Å². The van der Waals surface area contributed by atoms with Crippen LogP contribution in [-0.4, -0.2) is 11.0 Å². The molecule has 0 unspecified atom stereocenters. The molecule has 0 aromatic carbocycles. The summed E-state index contributed by atoms with van der Waals surface area (Å²) in [5.74, 6) is 1.38. The summed E-state index contributed by atoms with van der Waals surface area (Å²) in [6.07, 6.45) is 10.5. The van der Waals surface area contributed by atoms with Gasteiger partial charge in [0.05, 0.1) is 12.1 Å². The van der Waals surface area contributed by atoms with E-state index in [1.165, 1.54) is 12.8 Å².